The van der Waals surface area contributed by atoms with Gasteiger partial charge in [0.25, 0.3) is 5.91 Å². The van der Waals surface area contributed by atoms with Gasteiger partial charge in [0.1, 0.15) is 11.5 Å². The molecule has 3 heterocycles. The van der Waals surface area contributed by atoms with Crippen molar-refractivity contribution >= 4 is 11.6 Å². The van der Waals surface area contributed by atoms with Gasteiger partial charge in [0.2, 0.25) is 0 Å². The number of nitrogens with one attached hydrogen (secondary N) is 1. The predicted octanol–water partition coefficient (Wildman–Crippen LogP) is 1.87. The Balaban J connectivity index is 1.84. The van der Waals surface area contributed by atoms with Crippen LogP contribution in [0, 0.1) is 13.8 Å². The third kappa shape index (κ3) is 2.27. The number of hydrogen-bond donors (Lipinski definition) is 1. The Morgan fingerprint density at radius 3 is 3.00 bits per heavy atom. The molecule has 0 unspecified atom stereocenters. The van der Waals surface area contributed by atoms with Gasteiger partial charge in [-0.2, -0.15) is 5.10 Å². The standard InChI is InChI=1S/C14H14N4O2/c1-9-6-13-16-12(7-10(2)18(13)17-9)14(19)15-8-11-4-3-5-20-11/h3-7H,8H2,1-2H3,(H,15,19). The number of nitrogens with zero attached hydrogens (tertiary/aromatic N) is 3. The van der Waals surface area contributed by atoms with E-state index in [4.69, 9.17) is 4.42 Å². The molecule has 0 saturated carbocycles. The lowest BCUT2D eigenvalue weighted by molar-refractivity contribution is 0.0943. The molecule has 1 amide bonds. The molecule has 6 nitrogen and oxygen atoms in total. The highest BCUT2D eigenvalue weighted by atomic mass is 16.3. The van der Waals surface area contributed by atoms with E-state index in [1.54, 1.807) is 22.9 Å². The van der Waals surface area contributed by atoms with Crippen LogP contribution >= 0.6 is 0 Å². The van der Waals surface area contributed by atoms with Crippen LogP contribution in [0.1, 0.15) is 27.6 Å². The second-order valence-corrected chi connectivity index (χ2v) is 4.60. The van der Waals surface area contributed by atoms with Gasteiger partial charge in [0.15, 0.2) is 5.65 Å². The van der Waals surface area contributed by atoms with Crippen LogP contribution in [0.4, 0.5) is 0 Å². The summed E-state index contributed by atoms with van der Waals surface area (Å²) in [5, 5.41) is 7.08. The average molecular weight is 270 g/mol. The van der Waals surface area contributed by atoms with Crippen molar-refractivity contribution in [3.63, 3.8) is 0 Å². The maximum absolute atomic E-state index is 12.1. The summed E-state index contributed by atoms with van der Waals surface area (Å²) in [6.07, 6.45) is 1.57. The van der Waals surface area contributed by atoms with Crippen molar-refractivity contribution in [1.29, 1.82) is 0 Å². The number of aryl methyl sites for hydroxylation is 2. The van der Waals surface area contributed by atoms with Crippen molar-refractivity contribution in [3.05, 3.63) is 53.4 Å². The van der Waals surface area contributed by atoms with Crippen LogP contribution in [-0.4, -0.2) is 20.5 Å². The van der Waals surface area contributed by atoms with Crippen molar-refractivity contribution in [2.45, 2.75) is 20.4 Å². The number of carbonyl (C=O) groups is 1. The molecule has 20 heavy (non-hydrogen) atoms. The van der Waals surface area contributed by atoms with Crippen LogP contribution in [0.2, 0.25) is 0 Å². The third-order valence-electron chi connectivity index (χ3n) is 2.96. The Morgan fingerprint density at radius 1 is 1.40 bits per heavy atom. The Bertz CT molecular complexity index is 759. The smallest absolute Gasteiger partial charge is 0.270 e. The molecule has 102 valence electrons. The molecule has 0 atom stereocenters. The van der Waals surface area contributed by atoms with Crippen molar-refractivity contribution in [1.82, 2.24) is 19.9 Å². The second kappa shape index (κ2) is 4.80. The summed E-state index contributed by atoms with van der Waals surface area (Å²) in [5.74, 6) is 0.474. The molecule has 0 aliphatic heterocycles. The van der Waals surface area contributed by atoms with Gasteiger partial charge in [-0.3, -0.25) is 4.79 Å². The lowest BCUT2D eigenvalue weighted by atomic mass is 10.3. The molecule has 0 bridgehead atoms. The summed E-state index contributed by atoms with van der Waals surface area (Å²) < 4.78 is 6.89. The quantitative estimate of drug-likeness (QED) is 0.788. The maximum Gasteiger partial charge on any atom is 0.270 e. The van der Waals surface area contributed by atoms with E-state index in [2.05, 4.69) is 15.4 Å². The Hall–Kier alpha value is -2.63. The minimum absolute atomic E-state index is 0.231. The van der Waals surface area contributed by atoms with E-state index in [9.17, 15) is 4.79 Å². The monoisotopic (exact) mass is 270 g/mol. The van der Waals surface area contributed by atoms with Crippen LogP contribution in [0.5, 0.6) is 0 Å². The number of furan rings is 1. The van der Waals surface area contributed by atoms with E-state index in [1.165, 1.54) is 0 Å². The fourth-order valence-electron chi connectivity index (χ4n) is 2.03. The van der Waals surface area contributed by atoms with Crippen molar-refractivity contribution < 1.29 is 9.21 Å². The highest BCUT2D eigenvalue weighted by Crippen LogP contribution is 2.09. The van der Waals surface area contributed by atoms with Gasteiger partial charge in [-0.15, -0.1) is 0 Å². The van der Waals surface area contributed by atoms with Gasteiger partial charge in [-0.1, -0.05) is 0 Å². The summed E-state index contributed by atoms with van der Waals surface area (Å²) in [6, 6.07) is 7.15. The molecule has 3 aromatic heterocycles. The minimum atomic E-state index is -0.231. The van der Waals surface area contributed by atoms with Gasteiger partial charge in [-0.05, 0) is 32.0 Å². The van der Waals surface area contributed by atoms with Crippen LogP contribution < -0.4 is 5.32 Å². The molecule has 1 N–H and O–H groups in total. The average Bonchev–Trinajstić information content (AvgIpc) is 3.04. The highest BCUT2D eigenvalue weighted by molar-refractivity contribution is 5.92. The zero-order chi connectivity index (χ0) is 14.1. The van der Waals surface area contributed by atoms with E-state index >= 15 is 0 Å². The van der Waals surface area contributed by atoms with Crippen molar-refractivity contribution in [3.8, 4) is 0 Å². The molecule has 0 aromatic carbocycles. The van der Waals surface area contributed by atoms with Gasteiger partial charge in [-0.25, -0.2) is 9.50 Å². The number of amides is 1. The molecule has 6 heteroatoms. The Labute approximate surface area is 115 Å². The highest BCUT2D eigenvalue weighted by Gasteiger charge is 2.12. The Kier molecular flexibility index (Phi) is 2.98. The van der Waals surface area contributed by atoms with Crippen molar-refractivity contribution in [2.24, 2.45) is 0 Å². The largest absolute Gasteiger partial charge is 0.467 e. The topological polar surface area (TPSA) is 72.4 Å². The fraction of sp³-hybridized carbons (Fsp3) is 0.214. The zero-order valence-corrected chi connectivity index (χ0v) is 11.3. The first kappa shape index (κ1) is 12.4. The minimum Gasteiger partial charge on any atom is -0.467 e. The molecular weight excluding hydrogens is 256 g/mol. The molecule has 0 spiro atoms. The first-order chi connectivity index (χ1) is 9.63. The van der Waals surface area contributed by atoms with Gasteiger partial charge in [0.05, 0.1) is 18.5 Å². The zero-order valence-electron chi connectivity index (χ0n) is 11.3. The van der Waals surface area contributed by atoms with Crippen LogP contribution in [0.15, 0.2) is 34.9 Å². The van der Waals surface area contributed by atoms with E-state index in [-0.39, 0.29) is 5.91 Å². The van der Waals surface area contributed by atoms with Crippen molar-refractivity contribution in [2.75, 3.05) is 0 Å². The lowest BCUT2D eigenvalue weighted by Crippen LogP contribution is -2.24. The molecular formula is C14H14N4O2. The first-order valence-corrected chi connectivity index (χ1v) is 6.28. The molecule has 0 saturated heterocycles. The normalized spacial score (nSPS) is 10.9. The SMILES string of the molecule is Cc1cc2nc(C(=O)NCc3ccco3)cc(C)n2n1. The number of aromatic nitrogens is 3. The molecule has 0 aliphatic rings. The summed E-state index contributed by atoms with van der Waals surface area (Å²) in [6.45, 7) is 4.13. The second-order valence-electron chi connectivity index (χ2n) is 4.60. The summed E-state index contributed by atoms with van der Waals surface area (Å²) in [4.78, 5) is 16.4. The molecule has 0 radical (unpaired) electrons. The molecule has 3 aromatic rings. The lowest BCUT2D eigenvalue weighted by Gasteiger charge is -2.05. The predicted molar refractivity (Wildman–Crippen MR) is 72.3 cm³/mol. The summed E-state index contributed by atoms with van der Waals surface area (Å²) in [7, 11) is 0. The number of carbonyl (C=O) groups excluding carboxylic acids is 1. The molecule has 3 rings (SSSR count). The van der Waals surface area contributed by atoms with Crippen LogP contribution in [0.3, 0.4) is 0 Å². The van der Waals surface area contributed by atoms with E-state index in [0.29, 0.717) is 23.6 Å². The van der Waals surface area contributed by atoms with Gasteiger partial charge < -0.3 is 9.73 Å². The van der Waals surface area contributed by atoms with Gasteiger partial charge >= 0.3 is 0 Å². The molecule has 0 fully saturated rings. The summed E-state index contributed by atoms with van der Waals surface area (Å²) >= 11 is 0. The van der Waals surface area contributed by atoms with Crippen LogP contribution in [-0.2, 0) is 6.54 Å². The Morgan fingerprint density at radius 2 is 2.25 bits per heavy atom. The third-order valence-corrected chi connectivity index (χ3v) is 2.96. The number of hydrogen-bond acceptors (Lipinski definition) is 4. The van der Waals surface area contributed by atoms with E-state index in [1.807, 2.05) is 26.0 Å². The fourth-order valence-corrected chi connectivity index (χ4v) is 2.03. The van der Waals surface area contributed by atoms with Crippen LogP contribution in [0.25, 0.3) is 5.65 Å². The van der Waals surface area contributed by atoms with E-state index in [0.717, 1.165) is 11.4 Å². The van der Waals surface area contributed by atoms with Gasteiger partial charge in [0, 0.05) is 11.8 Å². The van der Waals surface area contributed by atoms with E-state index < -0.39 is 0 Å². The summed E-state index contributed by atoms with van der Waals surface area (Å²) in [5.41, 5.74) is 2.78. The first-order valence-electron chi connectivity index (χ1n) is 6.28. The number of rotatable bonds is 3. The number of fused-ring (bicyclic) bond motifs is 1. The maximum atomic E-state index is 12.1. The molecule has 0 aliphatic carbocycles.